The lowest BCUT2D eigenvalue weighted by Gasteiger charge is -2.15. The second-order valence-corrected chi connectivity index (χ2v) is 8.85. The summed E-state index contributed by atoms with van der Waals surface area (Å²) in [6.07, 6.45) is -3.94. The van der Waals surface area contributed by atoms with Gasteiger partial charge in [-0.05, 0) is 58.7 Å². The maximum absolute atomic E-state index is 13.6. The number of hydrogen-bond donors (Lipinski definition) is 2. The maximum atomic E-state index is 13.6. The van der Waals surface area contributed by atoms with E-state index in [0.29, 0.717) is 30.6 Å². The van der Waals surface area contributed by atoms with Crippen LogP contribution in [-0.2, 0) is 23.9 Å². The zero-order valence-electron chi connectivity index (χ0n) is 16.8. The summed E-state index contributed by atoms with van der Waals surface area (Å²) in [6, 6.07) is 12.4. The first-order chi connectivity index (χ1) is 14.1. The van der Waals surface area contributed by atoms with Crippen molar-refractivity contribution in [1.82, 2.24) is 5.32 Å². The number of hydrogen-bond acceptors (Lipinski definition) is 3. The van der Waals surface area contributed by atoms with Crippen molar-refractivity contribution in [1.29, 1.82) is 0 Å². The van der Waals surface area contributed by atoms with Crippen LogP contribution in [0, 0.1) is 5.92 Å². The average molecular weight is 436 g/mol. The van der Waals surface area contributed by atoms with Crippen LogP contribution in [0.5, 0.6) is 0 Å². The van der Waals surface area contributed by atoms with Crippen LogP contribution in [0.25, 0.3) is 20.5 Å². The molecule has 0 aliphatic heterocycles. The molecule has 0 saturated carbocycles. The summed E-state index contributed by atoms with van der Waals surface area (Å²) in [7, 11) is 0. The van der Waals surface area contributed by atoms with Gasteiger partial charge in [0, 0.05) is 22.7 Å². The SMILES string of the molecule is CC(C)Cc1ccc(-c2cc3cc(CNCCC(=O)O)ccc3s2)cc1C(F)(F)F. The Hall–Kier alpha value is -2.38. The molecule has 7 heteroatoms. The van der Waals surface area contributed by atoms with E-state index in [-0.39, 0.29) is 12.3 Å². The van der Waals surface area contributed by atoms with E-state index in [9.17, 15) is 18.0 Å². The van der Waals surface area contributed by atoms with Gasteiger partial charge in [0.05, 0.1) is 12.0 Å². The number of fused-ring (bicyclic) bond motifs is 1. The molecule has 0 fully saturated rings. The topological polar surface area (TPSA) is 49.3 Å². The fourth-order valence-corrected chi connectivity index (χ4v) is 4.42. The van der Waals surface area contributed by atoms with Gasteiger partial charge in [-0.1, -0.05) is 32.0 Å². The minimum Gasteiger partial charge on any atom is -0.481 e. The first-order valence-electron chi connectivity index (χ1n) is 9.79. The normalized spacial score (nSPS) is 12.1. The summed E-state index contributed by atoms with van der Waals surface area (Å²) in [6.45, 7) is 4.74. The zero-order chi connectivity index (χ0) is 21.9. The lowest BCUT2D eigenvalue weighted by molar-refractivity contribution is -0.138. The van der Waals surface area contributed by atoms with E-state index in [4.69, 9.17) is 5.11 Å². The number of carboxylic acids is 1. The Kier molecular flexibility index (Phi) is 6.83. The second kappa shape index (κ2) is 9.18. The zero-order valence-corrected chi connectivity index (χ0v) is 17.7. The summed E-state index contributed by atoms with van der Waals surface area (Å²) < 4.78 is 41.8. The van der Waals surface area contributed by atoms with Gasteiger partial charge < -0.3 is 10.4 Å². The third kappa shape index (κ3) is 5.61. The van der Waals surface area contributed by atoms with E-state index in [1.165, 1.54) is 17.4 Å². The Morgan fingerprint density at radius 1 is 1.13 bits per heavy atom. The lowest BCUT2D eigenvalue weighted by atomic mass is 9.95. The number of carboxylic acid groups (broad SMARTS) is 1. The van der Waals surface area contributed by atoms with Gasteiger partial charge in [0.2, 0.25) is 0 Å². The van der Waals surface area contributed by atoms with Crippen LogP contribution in [0.4, 0.5) is 13.2 Å². The van der Waals surface area contributed by atoms with E-state index in [2.05, 4.69) is 5.32 Å². The van der Waals surface area contributed by atoms with Crippen molar-refractivity contribution < 1.29 is 23.1 Å². The Bertz CT molecular complexity index is 1040. The molecule has 3 rings (SSSR count). The van der Waals surface area contributed by atoms with Gasteiger partial charge in [-0.2, -0.15) is 13.2 Å². The van der Waals surface area contributed by atoms with Crippen LogP contribution in [-0.4, -0.2) is 17.6 Å². The van der Waals surface area contributed by atoms with Crippen molar-refractivity contribution in [2.75, 3.05) is 6.54 Å². The van der Waals surface area contributed by atoms with Crippen molar-refractivity contribution in [3.05, 3.63) is 59.2 Å². The van der Waals surface area contributed by atoms with Crippen LogP contribution in [0.2, 0.25) is 0 Å². The van der Waals surface area contributed by atoms with Crippen LogP contribution in [0.1, 0.15) is 37.0 Å². The van der Waals surface area contributed by atoms with Crippen LogP contribution < -0.4 is 5.32 Å². The molecule has 0 amide bonds. The number of rotatable bonds is 8. The molecule has 0 aliphatic carbocycles. The number of aliphatic carboxylic acids is 1. The highest BCUT2D eigenvalue weighted by Crippen LogP contribution is 2.39. The molecule has 3 nitrogen and oxygen atoms in total. The van der Waals surface area contributed by atoms with Crippen molar-refractivity contribution in [3.63, 3.8) is 0 Å². The molecule has 1 heterocycles. The van der Waals surface area contributed by atoms with Crippen LogP contribution >= 0.6 is 11.3 Å². The highest BCUT2D eigenvalue weighted by atomic mass is 32.1. The molecule has 1 aromatic heterocycles. The van der Waals surface area contributed by atoms with Crippen molar-refractivity contribution >= 4 is 27.4 Å². The fraction of sp³-hybridized carbons (Fsp3) is 0.348. The number of halogens is 3. The molecule has 3 aromatic rings. The molecule has 0 bridgehead atoms. The van der Waals surface area contributed by atoms with Gasteiger partial charge in [-0.3, -0.25) is 4.79 Å². The van der Waals surface area contributed by atoms with E-state index >= 15 is 0 Å². The predicted molar refractivity (Wildman–Crippen MR) is 115 cm³/mol. The number of carbonyl (C=O) groups is 1. The molecule has 0 saturated heterocycles. The van der Waals surface area contributed by atoms with E-state index in [1.807, 2.05) is 38.1 Å². The molecule has 0 atom stereocenters. The van der Waals surface area contributed by atoms with Gasteiger partial charge in [-0.25, -0.2) is 0 Å². The number of thiophene rings is 1. The molecule has 0 radical (unpaired) electrons. The van der Waals surface area contributed by atoms with Crippen LogP contribution in [0.15, 0.2) is 42.5 Å². The summed E-state index contributed by atoms with van der Waals surface area (Å²) >= 11 is 1.46. The Balaban J connectivity index is 1.86. The third-order valence-electron chi connectivity index (χ3n) is 4.75. The fourth-order valence-electron chi connectivity index (χ4n) is 3.38. The molecule has 160 valence electrons. The largest absolute Gasteiger partial charge is 0.481 e. The number of alkyl halides is 3. The smallest absolute Gasteiger partial charge is 0.416 e. The van der Waals surface area contributed by atoms with Crippen LogP contribution in [0.3, 0.4) is 0 Å². The Labute approximate surface area is 177 Å². The van der Waals surface area contributed by atoms with E-state index in [0.717, 1.165) is 20.5 Å². The monoisotopic (exact) mass is 435 g/mol. The van der Waals surface area contributed by atoms with Gasteiger partial charge >= 0.3 is 12.1 Å². The van der Waals surface area contributed by atoms with Crippen molar-refractivity contribution in [2.24, 2.45) is 5.92 Å². The number of nitrogens with one attached hydrogen (secondary N) is 1. The number of benzene rings is 2. The van der Waals surface area contributed by atoms with Gasteiger partial charge in [0.15, 0.2) is 0 Å². The summed E-state index contributed by atoms with van der Waals surface area (Å²) in [5.41, 5.74) is 1.34. The van der Waals surface area contributed by atoms with Crippen molar-refractivity contribution in [3.8, 4) is 10.4 Å². The molecule has 30 heavy (non-hydrogen) atoms. The first kappa shape index (κ1) is 22.3. The highest BCUT2D eigenvalue weighted by molar-refractivity contribution is 7.22. The van der Waals surface area contributed by atoms with Gasteiger partial charge in [0.25, 0.3) is 0 Å². The quantitative estimate of drug-likeness (QED) is 0.405. The third-order valence-corrected chi connectivity index (χ3v) is 5.92. The summed E-state index contributed by atoms with van der Waals surface area (Å²) in [4.78, 5) is 11.4. The molecule has 2 aromatic carbocycles. The Morgan fingerprint density at radius 3 is 2.57 bits per heavy atom. The molecular formula is C23H24F3NO2S. The second-order valence-electron chi connectivity index (χ2n) is 7.77. The molecule has 0 aliphatic rings. The molecule has 2 N–H and O–H groups in total. The van der Waals surface area contributed by atoms with Gasteiger partial charge in [0.1, 0.15) is 0 Å². The predicted octanol–water partition coefficient (Wildman–Crippen LogP) is 6.35. The molecule has 0 spiro atoms. The first-order valence-corrected chi connectivity index (χ1v) is 10.6. The summed E-state index contributed by atoms with van der Waals surface area (Å²) in [5, 5.41) is 12.7. The molecule has 0 unspecified atom stereocenters. The standard InChI is InChI=1S/C23H24F3NO2S/c1-14(2)9-16-4-5-17(11-19(16)23(24,25)26)21-12-18-10-15(3-6-20(18)30-21)13-27-8-7-22(28)29/h3-6,10-12,14,27H,7-9,13H2,1-2H3,(H,28,29). The average Bonchev–Trinajstić information content (AvgIpc) is 3.07. The summed E-state index contributed by atoms with van der Waals surface area (Å²) in [5.74, 6) is -0.707. The minimum atomic E-state index is -4.38. The van der Waals surface area contributed by atoms with E-state index in [1.54, 1.807) is 12.1 Å². The Morgan fingerprint density at radius 2 is 1.90 bits per heavy atom. The van der Waals surface area contributed by atoms with E-state index < -0.39 is 17.7 Å². The van der Waals surface area contributed by atoms with Gasteiger partial charge in [-0.15, -0.1) is 11.3 Å². The minimum absolute atomic E-state index is 0.0547. The lowest BCUT2D eigenvalue weighted by Crippen LogP contribution is -2.17. The maximum Gasteiger partial charge on any atom is 0.416 e. The highest BCUT2D eigenvalue weighted by Gasteiger charge is 2.33. The molecular weight excluding hydrogens is 411 g/mol. The van der Waals surface area contributed by atoms with Crippen molar-refractivity contribution in [2.45, 2.75) is 39.4 Å².